The lowest BCUT2D eigenvalue weighted by atomic mass is 10.2. The molecule has 0 saturated carbocycles. The van der Waals surface area contributed by atoms with Crippen LogP contribution in [0.5, 0.6) is 11.6 Å². The number of hydrogen-bond donors (Lipinski definition) is 0. The molecule has 0 spiro atoms. The van der Waals surface area contributed by atoms with E-state index < -0.39 is 5.82 Å². The van der Waals surface area contributed by atoms with Gasteiger partial charge < -0.3 is 4.74 Å². The number of halogens is 1. The van der Waals surface area contributed by atoms with Crippen LogP contribution in [0.4, 0.5) is 4.39 Å². The minimum absolute atomic E-state index is 0.246. The summed E-state index contributed by atoms with van der Waals surface area (Å²) in [5, 5.41) is 8.80. The summed E-state index contributed by atoms with van der Waals surface area (Å²) in [7, 11) is 0. The predicted octanol–water partition coefficient (Wildman–Crippen LogP) is 2.08. The molecule has 16 heavy (non-hydrogen) atoms. The van der Waals surface area contributed by atoms with E-state index in [1.807, 2.05) is 6.07 Å². The summed E-state index contributed by atoms with van der Waals surface area (Å²) in [6.45, 7) is 0. The number of ether oxygens (including phenoxy) is 1. The highest BCUT2D eigenvalue weighted by Crippen LogP contribution is 2.24. The molecule has 0 unspecified atom stereocenters. The first kappa shape index (κ1) is 10.1. The molecule has 0 saturated heterocycles. The maximum atomic E-state index is 13.1. The zero-order valence-corrected chi connectivity index (χ0v) is 8.01. The number of aromatic nitrogens is 2. The number of nitrogens with zero attached hydrogens (tertiary/aromatic N) is 3. The quantitative estimate of drug-likeness (QED) is 0.767. The van der Waals surface area contributed by atoms with Gasteiger partial charge in [0.15, 0.2) is 0 Å². The van der Waals surface area contributed by atoms with Gasteiger partial charge in [-0.1, -0.05) is 12.1 Å². The van der Waals surface area contributed by atoms with Crippen LogP contribution in [-0.2, 0) is 0 Å². The summed E-state index contributed by atoms with van der Waals surface area (Å²) in [6, 6.07) is 8.43. The lowest BCUT2D eigenvalue weighted by molar-refractivity contribution is 0.418. The fourth-order valence-corrected chi connectivity index (χ4v) is 1.09. The van der Waals surface area contributed by atoms with Crippen molar-refractivity contribution in [1.29, 1.82) is 5.26 Å². The van der Waals surface area contributed by atoms with Crippen LogP contribution in [0.3, 0.4) is 0 Å². The second-order valence-corrected chi connectivity index (χ2v) is 2.81. The maximum absolute atomic E-state index is 13.1. The summed E-state index contributed by atoms with van der Waals surface area (Å²) in [5.41, 5.74) is 0.306. The first-order valence-electron chi connectivity index (χ1n) is 4.36. The van der Waals surface area contributed by atoms with Crippen LogP contribution in [-0.4, -0.2) is 9.97 Å². The molecule has 0 fully saturated rings. The molecule has 0 aliphatic rings. The molecule has 0 bridgehead atoms. The lowest BCUT2D eigenvalue weighted by Gasteiger charge is -2.05. The zero-order chi connectivity index (χ0) is 11.4. The largest absolute Gasteiger partial charge is 0.435 e. The van der Waals surface area contributed by atoms with Gasteiger partial charge in [0.05, 0.1) is 5.56 Å². The van der Waals surface area contributed by atoms with Crippen LogP contribution in [0.2, 0.25) is 0 Å². The van der Waals surface area contributed by atoms with Gasteiger partial charge >= 0.3 is 0 Å². The molecule has 1 aromatic carbocycles. The standard InChI is InChI=1S/C11H5FN3O/c12-9-6-14-7-15-11(9)16-10-4-2-1-3-8(10)5-13/h1-4,7H. The van der Waals surface area contributed by atoms with Gasteiger partial charge in [-0.05, 0) is 12.1 Å². The minimum Gasteiger partial charge on any atom is -0.435 e. The van der Waals surface area contributed by atoms with Gasteiger partial charge in [0.2, 0.25) is 5.82 Å². The molecule has 2 aromatic rings. The molecule has 2 rings (SSSR count). The molecule has 1 heterocycles. The Bertz CT molecular complexity index is 551. The average molecular weight is 214 g/mol. The van der Waals surface area contributed by atoms with E-state index in [0.717, 1.165) is 6.33 Å². The Labute approximate surface area is 91.0 Å². The topological polar surface area (TPSA) is 58.8 Å². The number of benzene rings is 1. The normalized spacial score (nSPS) is 9.50. The van der Waals surface area contributed by atoms with Crippen LogP contribution >= 0.6 is 0 Å². The van der Waals surface area contributed by atoms with E-state index in [9.17, 15) is 4.39 Å². The number of rotatable bonds is 2. The van der Waals surface area contributed by atoms with Crippen molar-refractivity contribution in [2.75, 3.05) is 0 Å². The summed E-state index contributed by atoms with van der Waals surface area (Å²) in [4.78, 5) is 6.97. The Morgan fingerprint density at radius 3 is 2.94 bits per heavy atom. The molecule has 0 N–H and O–H groups in total. The van der Waals surface area contributed by atoms with Crippen molar-refractivity contribution in [2.45, 2.75) is 0 Å². The molecule has 77 valence electrons. The molecule has 0 amide bonds. The van der Waals surface area contributed by atoms with Crippen molar-refractivity contribution in [3.05, 3.63) is 48.2 Å². The molecule has 5 heteroatoms. The molecule has 0 aliphatic carbocycles. The Balaban J connectivity index is 2.35. The van der Waals surface area contributed by atoms with Gasteiger partial charge in [-0.15, -0.1) is 0 Å². The molecule has 4 nitrogen and oxygen atoms in total. The fraction of sp³-hybridized carbons (Fsp3) is 0. The van der Waals surface area contributed by atoms with E-state index in [1.165, 1.54) is 0 Å². The van der Waals surface area contributed by atoms with Gasteiger partial charge in [-0.25, -0.2) is 4.98 Å². The second-order valence-electron chi connectivity index (χ2n) is 2.81. The third-order valence-corrected chi connectivity index (χ3v) is 1.80. The number of hydrogen-bond acceptors (Lipinski definition) is 4. The molecule has 1 radical (unpaired) electrons. The van der Waals surface area contributed by atoms with E-state index in [0.29, 0.717) is 5.56 Å². The van der Waals surface area contributed by atoms with Gasteiger partial charge in [-0.2, -0.15) is 14.6 Å². The van der Waals surface area contributed by atoms with Gasteiger partial charge in [-0.3, -0.25) is 0 Å². The van der Waals surface area contributed by atoms with Crippen molar-refractivity contribution in [3.63, 3.8) is 0 Å². The van der Waals surface area contributed by atoms with Crippen molar-refractivity contribution in [3.8, 4) is 17.7 Å². The molecule has 0 aliphatic heterocycles. The van der Waals surface area contributed by atoms with Crippen LogP contribution in [0, 0.1) is 23.3 Å². The highest BCUT2D eigenvalue weighted by Gasteiger charge is 2.09. The summed E-state index contributed by atoms with van der Waals surface area (Å²) in [6.07, 6.45) is 3.19. The summed E-state index contributed by atoms with van der Waals surface area (Å²) < 4.78 is 18.3. The van der Waals surface area contributed by atoms with Crippen molar-refractivity contribution < 1.29 is 9.13 Å². The van der Waals surface area contributed by atoms with Crippen LogP contribution in [0.15, 0.2) is 30.6 Å². The van der Waals surface area contributed by atoms with E-state index in [2.05, 4.69) is 16.2 Å². The highest BCUT2D eigenvalue weighted by atomic mass is 19.1. The van der Waals surface area contributed by atoms with Gasteiger partial charge in [0.1, 0.15) is 24.3 Å². The first-order chi connectivity index (χ1) is 7.81. The Morgan fingerprint density at radius 2 is 2.19 bits per heavy atom. The van der Waals surface area contributed by atoms with Gasteiger partial charge in [0, 0.05) is 0 Å². The van der Waals surface area contributed by atoms with E-state index >= 15 is 0 Å². The molecule has 0 atom stereocenters. The lowest BCUT2D eigenvalue weighted by Crippen LogP contribution is -1.94. The molecular weight excluding hydrogens is 209 g/mol. The Hall–Kier alpha value is -2.48. The molecular formula is C11H5FN3O. The predicted molar refractivity (Wildman–Crippen MR) is 52.1 cm³/mol. The van der Waals surface area contributed by atoms with E-state index in [4.69, 9.17) is 10.00 Å². The van der Waals surface area contributed by atoms with Crippen molar-refractivity contribution in [1.82, 2.24) is 9.97 Å². The smallest absolute Gasteiger partial charge is 0.259 e. The van der Waals surface area contributed by atoms with Crippen LogP contribution < -0.4 is 4.74 Å². The zero-order valence-electron chi connectivity index (χ0n) is 8.01. The third-order valence-electron chi connectivity index (χ3n) is 1.80. The van der Waals surface area contributed by atoms with Crippen molar-refractivity contribution >= 4 is 0 Å². The van der Waals surface area contributed by atoms with Gasteiger partial charge in [0.25, 0.3) is 5.88 Å². The summed E-state index contributed by atoms with van der Waals surface area (Å²) >= 11 is 0. The van der Waals surface area contributed by atoms with Crippen LogP contribution in [0.25, 0.3) is 0 Å². The first-order valence-corrected chi connectivity index (χ1v) is 4.36. The minimum atomic E-state index is -0.796. The van der Waals surface area contributed by atoms with Crippen molar-refractivity contribution in [2.24, 2.45) is 0 Å². The second kappa shape index (κ2) is 4.36. The highest BCUT2D eigenvalue weighted by molar-refractivity contribution is 5.44. The maximum Gasteiger partial charge on any atom is 0.259 e. The summed E-state index contributed by atoms with van der Waals surface area (Å²) in [5.74, 6) is -0.802. The Kier molecular flexibility index (Phi) is 2.74. The number of nitriles is 1. The van der Waals surface area contributed by atoms with E-state index in [1.54, 1.807) is 24.3 Å². The number of para-hydroxylation sites is 1. The van der Waals surface area contributed by atoms with E-state index in [-0.39, 0.29) is 11.6 Å². The third kappa shape index (κ3) is 1.96. The Morgan fingerprint density at radius 1 is 1.38 bits per heavy atom. The monoisotopic (exact) mass is 214 g/mol. The van der Waals surface area contributed by atoms with Crippen LogP contribution in [0.1, 0.15) is 5.56 Å². The molecule has 1 aromatic heterocycles. The fourth-order valence-electron chi connectivity index (χ4n) is 1.09. The average Bonchev–Trinajstić information content (AvgIpc) is 2.33. The SMILES string of the molecule is N#Cc1ccccc1Oc1ncn[c]c1F.